The number of hydrogen-bond acceptors (Lipinski definition) is 5. The molecule has 0 saturated heterocycles. The maximum absolute atomic E-state index is 12.4. The van der Waals surface area contributed by atoms with Crippen LogP contribution in [0.2, 0.25) is 0 Å². The quantitative estimate of drug-likeness (QED) is 0.395. The van der Waals surface area contributed by atoms with Gasteiger partial charge in [-0.15, -0.1) is 0 Å². The van der Waals surface area contributed by atoms with Crippen LogP contribution in [-0.2, 0) is 11.2 Å². The number of phenolic OH excluding ortho intramolecular Hbond substituents is 1. The number of nitrogens with one attached hydrogen (secondary N) is 1. The molecule has 0 aliphatic heterocycles. The summed E-state index contributed by atoms with van der Waals surface area (Å²) in [7, 11) is 0. The summed E-state index contributed by atoms with van der Waals surface area (Å²) in [6.07, 6.45) is 4.04. The van der Waals surface area contributed by atoms with Gasteiger partial charge in [0.25, 0.3) is 0 Å². The molecule has 32 heavy (non-hydrogen) atoms. The fraction of sp³-hybridized carbons (Fsp3) is 0.115. The number of benzene rings is 2. The number of carbonyl (C=O) groups excluding carboxylic acids is 1. The summed E-state index contributed by atoms with van der Waals surface area (Å²) in [6, 6.07) is 24.4. The van der Waals surface area contributed by atoms with E-state index in [-0.39, 0.29) is 5.75 Å². The molecule has 2 aromatic carbocycles. The molecule has 1 amide bonds. The molecule has 1 unspecified atom stereocenters. The second-order valence-corrected chi connectivity index (χ2v) is 7.47. The van der Waals surface area contributed by atoms with E-state index < -0.39 is 11.8 Å². The molecule has 0 spiro atoms. The first-order valence-corrected chi connectivity index (χ1v) is 10.4. The lowest BCUT2D eigenvalue weighted by Gasteiger charge is -2.19. The number of rotatable bonds is 8. The Hall–Kier alpha value is -4.19. The number of carbonyl (C=O) groups is 1. The fourth-order valence-electron chi connectivity index (χ4n) is 3.65. The summed E-state index contributed by atoms with van der Waals surface area (Å²) in [5, 5.41) is 12.9. The Morgan fingerprint density at radius 1 is 0.969 bits per heavy atom. The maximum atomic E-state index is 12.4. The highest BCUT2D eigenvalue weighted by Gasteiger charge is 2.24. The predicted molar refractivity (Wildman–Crippen MR) is 125 cm³/mol. The summed E-state index contributed by atoms with van der Waals surface area (Å²) in [6.45, 7) is 0.599. The Morgan fingerprint density at radius 2 is 1.75 bits per heavy atom. The van der Waals surface area contributed by atoms with Gasteiger partial charge in [0.1, 0.15) is 11.6 Å². The lowest BCUT2D eigenvalue weighted by Crippen LogP contribution is -2.24. The van der Waals surface area contributed by atoms with Gasteiger partial charge in [0.05, 0.1) is 11.6 Å². The van der Waals surface area contributed by atoms with Crippen LogP contribution in [0.4, 0.5) is 5.82 Å². The monoisotopic (exact) mass is 424 g/mol. The van der Waals surface area contributed by atoms with Crippen molar-refractivity contribution in [3.63, 3.8) is 0 Å². The second-order valence-electron chi connectivity index (χ2n) is 7.47. The van der Waals surface area contributed by atoms with Gasteiger partial charge in [-0.2, -0.15) is 0 Å². The van der Waals surface area contributed by atoms with E-state index in [1.165, 1.54) is 0 Å². The number of anilines is 1. The smallest absolute Gasteiger partial charge is 0.229 e. The van der Waals surface area contributed by atoms with E-state index in [0.29, 0.717) is 17.9 Å². The van der Waals surface area contributed by atoms with E-state index in [4.69, 9.17) is 10.7 Å². The van der Waals surface area contributed by atoms with Crippen molar-refractivity contribution in [1.82, 2.24) is 9.97 Å². The molecule has 4 rings (SSSR count). The van der Waals surface area contributed by atoms with Gasteiger partial charge in [-0.3, -0.25) is 9.78 Å². The van der Waals surface area contributed by atoms with Crippen molar-refractivity contribution >= 4 is 11.7 Å². The molecule has 1 atom stereocenters. The van der Waals surface area contributed by atoms with Crippen molar-refractivity contribution < 1.29 is 9.90 Å². The van der Waals surface area contributed by atoms with Crippen LogP contribution in [0.1, 0.15) is 22.6 Å². The minimum atomic E-state index is -0.669. The molecule has 6 heteroatoms. The Labute approximate surface area is 186 Å². The maximum Gasteiger partial charge on any atom is 0.229 e. The van der Waals surface area contributed by atoms with E-state index in [9.17, 15) is 9.90 Å². The van der Waals surface area contributed by atoms with Crippen LogP contribution in [0.25, 0.3) is 11.3 Å². The zero-order valence-electron chi connectivity index (χ0n) is 17.5. The van der Waals surface area contributed by atoms with Crippen LogP contribution in [0.3, 0.4) is 0 Å². The second kappa shape index (κ2) is 9.75. The Bertz CT molecular complexity index is 1180. The van der Waals surface area contributed by atoms with Gasteiger partial charge in [0.15, 0.2) is 0 Å². The third-order valence-corrected chi connectivity index (χ3v) is 5.25. The van der Waals surface area contributed by atoms with Crippen LogP contribution in [-0.4, -0.2) is 27.5 Å². The Morgan fingerprint density at radius 3 is 2.44 bits per heavy atom. The van der Waals surface area contributed by atoms with Crippen LogP contribution in [0.5, 0.6) is 5.75 Å². The molecular weight excluding hydrogens is 400 g/mol. The Kier molecular flexibility index (Phi) is 6.41. The molecule has 4 aromatic rings. The van der Waals surface area contributed by atoms with Crippen molar-refractivity contribution in [1.29, 1.82) is 0 Å². The fourth-order valence-corrected chi connectivity index (χ4v) is 3.65. The molecule has 0 aliphatic rings. The first-order chi connectivity index (χ1) is 15.6. The first-order valence-electron chi connectivity index (χ1n) is 10.4. The van der Waals surface area contributed by atoms with Crippen molar-refractivity contribution in [2.75, 3.05) is 11.9 Å². The van der Waals surface area contributed by atoms with Crippen LogP contribution >= 0.6 is 0 Å². The minimum Gasteiger partial charge on any atom is -0.508 e. The highest BCUT2D eigenvalue weighted by atomic mass is 16.3. The van der Waals surface area contributed by atoms with Gasteiger partial charge in [0.2, 0.25) is 5.91 Å². The van der Waals surface area contributed by atoms with Crippen molar-refractivity contribution in [2.45, 2.75) is 12.3 Å². The highest BCUT2D eigenvalue weighted by Crippen LogP contribution is 2.31. The van der Waals surface area contributed by atoms with Crippen molar-refractivity contribution in [3.05, 3.63) is 108 Å². The lowest BCUT2D eigenvalue weighted by molar-refractivity contribution is -0.118. The molecule has 0 aliphatic carbocycles. The standard InChI is InChI=1S/C26H24N4O2/c27-25(32)24(20-7-4-15-28-17-20)22-12-13-23(19-5-2-1-3-6-19)30-26(22)29-16-14-18-8-10-21(31)11-9-18/h1-13,15,17,24,31H,14,16H2,(H2,27,32)(H,29,30). The van der Waals surface area contributed by atoms with Gasteiger partial charge in [-0.05, 0) is 41.8 Å². The first kappa shape index (κ1) is 21.1. The predicted octanol–water partition coefficient (Wildman–Crippen LogP) is 4.12. The number of amides is 1. The topological polar surface area (TPSA) is 101 Å². The average molecular weight is 425 g/mol. The summed E-state index contributed by atoms with van der Waals surface area (Å²) in [4.78, 5) is 21.4. The average Bonchev–Trinajstić information content (AvgIpc) is 2.82. The van der Waals surface area contributed by atoms with Crippen LogP contribution in [0.15, 0.2) is 91.3 Å². The molecule has 0 fully saturated rings. The number of aromatic nitrogens is 2. The number of nitrogens with zero attached hydrogens (tertiary/aromatic N) is 2. The summed E-state index contributed by atoms with van der Waals surface area (Å²) in [5.41, 5.74) is 10.1. The number of hydrogen-bond donors (Lipinski definition) is 3. The zero-order chi connectivity index (χ0) is 22.3. The largest absolute Gasteiger partial charge is 0.508 e. The van der Waals surface area contributed by atoms with Crippen molar-refractivity contribution in [2.24, 2.45) is 5.73 Å². The normalized spacial score (nSPS) is 11.6. The highest BCUT2D eigenvalue weighted by molar-refractivity contribution is 5.87. The third kappa shape index (κ3) is 4.92. The molecule has 160 valence electrons. The van der Waals surface area contributed by atoms with Gasteiger partial charge in [-0.25, -0.2) is 4.98 Å². The molecule has 0 bridgehead atoms. The lowest BCUT2D eigenvalue weighted by atomic mass is 9.91. The molecule has 0 radical (unpaired) electrons. The number of nitrogens with two attached hydrogens (primary N) is 1. The molecule has 0 saturated carbocycles. The molecule has 2 aromatic heterocycles. The van der Waals surface area contributed by atoms with Gasteiger partial charge in [0, 0.05) is 30.1 Å². The number of pyridine rings is 2. The molecule has 6 nitrogen and oxygen atoms in total. The van der Waals surface area contributed by atoms with E-state index >= 15 is 0 Å². The SMILES string of the molecule is NC(=O)C(c1cccnc1)c1ccc(-c2ccccc2)nc1NCCc1ccc(O)cc1. The molecule has 4 N–H and O–H groups in total. The van der Waals surface area contributed by atoms with E-state index in [1.54, 1.807) is 30.6 Å². The van der Waals surface area contributed by atoms with E-state index in [2.05, 4.69) is 10.3 Å². The summed E-state index contributed by atoms with van der Waals surface area (Å²) < 4.78 is 0. The van der Waals surface area contributed by atoms with Crippen molar-refractivity contribution in [3.8, 4) is 17.0 Å². The van der Waals surface area contributed by atoms with Gasteiger partial charge >= 0.3 is 0 Å². The number of primary amides is 1. The van der Waals surface area contributed by atoms with Crippen LogP contribution < -0.4 is 11.1 Å². The summed E-state index contributed by atoms with van der Waals surface area (Å²) in [5.74, 6) is -0.286. The van der Waals surface area contributed by atoms with E-state index in [1.807, 2.05) is 60.7 Å². The molecule has 2 heterocycles. The number of phenols is 1. The third-order valence-electron chi connectivity index (χ3n) is 5.25. The zero-order valence-corrected chi connectivity index (χ0v) is 17.5. The number of aromatic hydroxyl groups is 1. The minimum absolute atomic E-state index is 0.238. The molecular formula is C26H24N4O2. The van der Waals surface area contributed by atoms with Crippen LogP contribution in [0, 0.1) is 0 Å². The van der Waals surface area contributed by atoms with E-state index in [0.717, 1.165) is 28.8 Å². The van der Waals surface area contributed by atoms with Gasteiger partial charge < -0.3 is 16.2 Å². The van der Waals surface area contributed by atoms with Gasteiger partial charge in [-0.1, -0.05) is 54.6 Å². The Balaban J connectivity index is 1.68. The summed E-state index contributed by atoms with van der Waals surface area (Å²) >= 11 is 0.